The second kappa shape index (κ2) is 6.81. The molecule has 3 heteroatoms. The number of hydrogen-bond acceptors (Lipinski definition) is 3. The zero-order chi connectivity index (χ0) is 12.1. The monoisotopic (exact) mass is 254 g/mol. The fourth-order valence-electron chi connectivity index (χ4n) is 3.63. The van der Waals surface area contributed by atoms with Crippen LogP contribution in [-0.4, -0.2) is 35.4 Å². The molecule has 1 aliphatic heterocycles. The average molecular weight is 254 g/mol. The lowest BCUT2D eigenvalue weighted by Crippen LogP contribution is -2.54. The molecule has 17 heavy (non-hydrogen) atoms. The molecule has 1 heterocycles. The molecule has 1 saturated carbocycles. The highest BCUT2D eigenvalue weighted by molar-refractivity contribution is 7.79. The molecule has 0 bridgehead atoms. The first-order valence-electron chi connectivity index (χ1n) is 7.28. The molecule has 0 aromatic rings. The van der Waals surface area contributed by atoms with Crippen molar-refractivity contribution in [1.82, 2.24) is 4.90 Å². The minimum atomic E-state index is 0.0891. The number of likely N-dealkylation sites (tertiary alicyclic amines) is 1. The zero-order valence-electron chi connectivity index (χ0n) is 10.8. The Morgan fingerprint density at radius 3 is 2.18 bits per heavy atom. The van der Waals surface area contributed by atoms with Crippen molar-refractivity contribution < 1.29 is 0 Å². The van der Waals surface area contributed by atoms with E-state index in [0.717, 1.165) is 5.92 Å². The maximum absolute atomic E-state index is 6.28. The van der Waals surface area contributed by atoms with Gasteiger partial charge in [-0.3, -0.25) is 4.90 Å². The Kier molecular flexibility index (Phi) is 5.39. The van der Waals surface area contributed by atoms with Crippen molar-refractivity contribution in [1.29, 1.82) is 0 Å². The molecule has 2 fully saturated rings. The van der Waals surface area contributed by atoms with E-state index in [-0.39, 0.29) is 6.04 Å². The van der Waals surface area contributed by atoms with Crippen molar-refractivity contribution in [3.8, 4) is 0 Å². The molecule has 0 aromatic heterocycles. The van der Waals surface area contributed by atoms with Crippen LogP contribution in [0.1, 0.15) is 51.4 Å². The van der Waals surface area contributed by atoms with Gasteiger partial charge in [0, 0.05) is 12.1 Å². The lowest BCUT2D eigenvalue weighted by molar-refractivity contribution is 0.0926. The van der Waals surface area contributed by atoms with E-state index < -0.39 is 0 Å². The van der Waals surface area contributed by atoms with E-state index in [9.17, 15) is 0 Å². The number of rotatable bonds is 4. The molecule has 1 saturated heterocycles. The van der Waals surface area contributed by atoms with Gasteiger partial charge in [0.2, 0.25) is 0 Å². The van der Waals surface area contributed by atoms with E-state index in [1.165, 1.54) is 64.5 Å². The highest BCUT2D eigenvalue weighted by Gasteiger charge is 2.32. The maximum atomic E-state index is 6.28. The summed E-state index contributed by atoms with van der Waals surface area (Å²) < 4.78 is 0. The van der Waals surface area contributed by atoms with Crippen LogP contribution in [0, 0.1) is 5.92 Å². The SMILES string of the molecule is NC(C=S)C(C1CCCCC1)N1CCCCC1. The third-order valence-corrected chi connectivity index (χ3v) is 4.81. The predicted molar refractivity (Wildman–Crippen MR) is 77.4 cm³/mol. The van der Waals surface area contributed by atoms with Crippen molar-refractivity contribution >= 4 is 17.6 Å². The van der Waals surface area contributed by atoms with Crippen LogP contribution < -0.4 is 5.73 Å². The van der Waals surface area contributed by atoms with E-state index in [1.54, 1.807) is 5.37 Å². The standard InChI is InChI=1S/C14H26N2S/c15-13(11-17)14(12-7-3-1-4-8-12)16-9-5-2-6-10-16/h11-14H,1-10,15H2. The molecule has 2 aliphatic rings. The molecule has 98 valence electrons. The van der Waals surface area contributed by atoms with Crippen LogP contribution in [0.2, 0.25) is 0 Å². The van der Waals surface area contributed by atoms with E-state index in [0.29, 0.717) is 6.04 Å². The van der Waals surface area contributed by atoms with Gasteiger partial charge in [-0.25, -0.2) is 0 Å². The quantitative estimate of drug-likeness (QED) is 0.782. The molecule has 2 nitrogen and oxygen atoms in total. The molecule has 1 aliphatic carbocycles. The van der Waals surface area contributed by atoms with Gasteiger partial charge in [0.05, 0.1) is 0 Å². The van der Waals surface area contributed by atoms with Crippen LogP contribution in [0.4, 0.5) is 0 Å². The Morgan fingerprint density at radius 1 is 1.00 bits per heavy atom. The molecular formula is C14H26N2S. The van der Waals surface area contributed by atoms with Gasteiger partial charge in [-0.2, -0.15) is 0 Å². The topological polar surface area (TPSA) is 29.3 Å². The molecule has 0 aromatic carbocycles. The minimum absolute atomic E-state index is 0.0891. The molecule has 2 atom stereocenters. The number of nitrogens with two attached hydrogens (primary N) is 1. The second-order valence-electron chi connectivity index (χ2n) is 5.70. The molecular weight excluding hydrogens is 228 g/mol. The summed E-state index contributed by atoms with van der Waals surface area (Å²) in [5.74, 6) is 0.788. The summed E-state index contributed by atoms with van der Waals surface area (Å²) in [6, 6.07) is 0.610. The summed E-state index contributed by atoms with van der Waals surface area (Å²) in [6.45, 7) is 2.47. The van der Waals surface area contributed by atoms with Gasteiger partial charge in [-0.15, -0.1) is 0 Å². The fourth-order valence-corrected chi connectivity index (χ4v) is 3.79. The summed E-state index contributed by atoms with van der Waals surface area (Å²) in [6.07, 6.45) is 11.0. The summed E-state index contributed by atoms with van der Waals surface area (Å²) >= 11 is 5.11. The summed E-state index contributed by atoms with van der Waals surface area (Å²) in [5, 5.41) is 1.80. The molecule has 2 unspecified atom stereocenters. The molecule has 0 amide bonds. The van der Waals surface area contributed by atoms with Crippen molar-refractivity contribution in [3.05, 3.63) is 0 Å². The third kappa shape index (κ3) is 3.49. The van der Waals surface area contributed by atoms with E-state index in [2.05, 4.69) is 4.90 Å². The van der Waals surface area contributed by atoms with Crippen molar-refractivity contribution in [2.45, 2.75) is 63.5 Å². The van der Waals surface area contributed by atoms with Gasteiger partial charge in [-0.05, 0) is 50.1 Å². The lowest BCUT2D eigenvalue weighted by atomic mass is 9.80. The highest BCUT2D eigenvalue weighted by atomic mass is 32.1. The normalized spacial score (nSPS) is 27.6. The van der Waals surface area contributed by atoms with Crippen molar-refractivity contribution in [2.75, 3.05) is 13.1 Å². The van der Waals surface area contributed by atoms with Gasteiger partial charge < -0.3 is 5.73 Å². The lowest BCUT2D eigenvalue weighted by Gasteiger charge is -2.42. The Balaban J connectivity index is 2.02. The Bertz CT molecular complexity index is 214. The summed E-state index contributed by atoms with van der Waals surface area (Å²) in [5.41, 5.74) is 6.28. The van der Waals surface area contributed by atoms with Crippen molar-refractivity contribution in [3.63, 3.8) is 0 Å². The smallest absolute Gasteiger partial charge is 0.0489 e. The van der Waals surface area contributed by atoms with Crippen LogP contribution in [0.25, 0.3) is 0 Å². The fraction of sp³-hybridized carbons (Fsp3) is 0.929. The summed E-state index contributed by atoms with van der Waals surface area (Å²) in [7, 11) is 0. The van der Waals surface area contributed by atoms with Crippen LogP contribution >= 0.6 is 12.2 Å². The van der Waals surface area contributed by atoms with Crippen LogP contribution in [0.15, 0.2) is 0 Å². The van der Waals surface area contributed by atoms with Gasteiger partial charge >= 0.3 is 0 Å². The molecule has 2 rings (SSSR count). The largest absolute Gasteiger partial charge is 0.322 e. The Hall–Kier alpha value is 0.01000. The number of thiocarbonyl (C=S) groups is 1. The number of hydrogen-bond donors (Lipinski definition) is 1. The minimum Gasteiger partial charge on any atom is -0.322 e. The Labute approximate surface area is 111 Å². The van der Waals surface area contributed by atoms with Gasteiger partial charge in [0.15, 0.2) is 0 Å². The van der Waals surface area contributed by atoms with Gasteiger partial charge in [-0.1, -0.05) is 37.9 Å². The van der Waals surface area contributed by atoms with E-state index in [4.69, 9.17) is 18.0 Å². The first-order chi connectivity index (χ1) is 8.33. The first kappa shape index (κ1) is 13.4. The molecule has 2 N–H and O–H groups in total. The third-order valence-electron chi connectivity index (χ3n) is 4.50. The van der Waals surface area contributed by atoms with Crippen LogP contribution in [-0.2, 0) is 0 Å². The van der Waals surface area contributed by atoms with E-state index >= 15 is 0 Å². The van der Waals surface area contributed by atoms with Crippen molar-refractivity contribution in [2.24, 2.45) is 11.7 Å². The first-order valence-corrected chi connectivity index (χ1v) is 7.75. The van der Waals surface area contributed by atoms with Crippen LogP contribution in [0.5, 0.6) is 0 Å². The number of piperidine rings is 1. The average Bonchev–Trinajstić information content (AvgIpc) is 2.41. The van der Waals surface area contributed by atoms with Crippen LogP contribution in [0.3, 0.4) is 0 Å². The van der Waals surface area contributed by atoms with Gasteiger partial charge in [0.1, 0.15) is 0 Å². The summed E-state index contributed by atoms with van der Waals surface area (Å²) in [4.78, 5) is 2.63. The van der Waals surface area contributed by atoms with E-state index in [1.807, 2.05) is 0 Å². The maximum Gasteiger partial charge on any atom is 0.0489 e. The Morgan fingerprint density at radius 2 is 1.59 bits per heavy atom. The van der Waals surface area contributed by atoms with Gasteiger partial charge in [0.25, 0.3) is 0 Å². The second-order valence-corrected chi connectivity index (χ2v) is 5.97. The molecule has 0 spiro atoms. The highest BCUT2D eigenvalue weighted by Crippen LogP contribution is 2.31. The zero-order valence-corrected chi connectivity index (χ0v) is 11.6. The predicted octanol–water partition coefficient (Wildman–Crippen LogP) is 2.75. The molecule has 0 radical (unpaired) electrons. The number of nitrogens with zero attached hydrogens (tertiary/aromatic N) is 1.